The van der Waals surface area contributed by atoms with Crippen molar-refractivity contribution in [2.24, 2.45) is 5.41 Å². The van der Waals surface area contributed by atoms with E-state index in [1.54, 1.807) is 0 Å². The number of hydrogen-bond acceptors (Lipinski definition) is 2. The molecular weight excluding hydrogens is 282 g/mol. The molecule has 0 heterocycles. The maximum absolute atomic E-state index is 6.02. The molecule has 1 radical (unpaired) electrons. The summed E-state index contributed by atoms with van der Waals surface area (Å²) >= 11 is 0. The van der Waals surface area contributed by atoms with Crippen LogP contribution in [-0.2, 0) is 13.2 Å². The van der Waals surface area contributed by atoms with Crippen LogP contribution in [-0.4, -0.2) is 6.04 Å². The molecule has 123 valence electrons. The van der Waals surface area contributed by atoms with Crippen LogP contribution >= 0.6 is 0 Å². The summed E-state index contributed by atoms with van der Waals surface area (Å²) in [6.45, 7) is 12.2. The minimum absolute atomic E-state index is 0.196. The minimum atomic E-state index is 0.196. The summed E-state index contributed by atoms with van der Waals surface area (Å²) in [6, 6.07) is 18.9. The second-order valence-electron chi connectivity index (χ2n) is 6.97. The molecule has 2 aromatic rings. The Balaban J connectivity index is 2.00. The number of benzene rings is 2. The maximum Gasteiger partial charge on any atom is 0.124 e. The van der Waals surface area contributed by atoms with Gasteiger partial charge in [0.15, 0.2) is 0 Å². The monoisotopic (exact) mass is 310 g/mol. The van der Waals surface area contributed by atoms with Crippen LogP contribution in [0.5, 0.6) is 5.75 Å². The van der Waals surface area contributed by atoms with E-state index >= 15 is 0 Å². The molecule has 23 heavy (non-hydrogen) atoms. The van der Waals surface area contributed by atoms with Gasteiger partial charge in [-0.1, -0.05) is 76.2 Å². The normalized spacial score (nSPS) is 12.9. The average Bonchev–Trinajstić information content (AvgIpc) is 2.54. The third-order valence-corrected chi connectivity index (χ3v) is 4.08. The van der Waals surface area contributed by atoms with Crippen molar-refractivity contribution in [1.82, 2.24) is 5.32 Å². The molecule has 0 aliphatic carbocycles. The molecule has 0 aromatic heterocycles. The highest BCUT2D eigenvalue weighted by Crippen LogP contribution is 2.24. The summed E-state index contributed by atoms with van der Waals surface area (Å²) in [5.74, 6) is 0.945. The van der Waals surface area contributed by atoms with Gasteiger partial charge in [-0.2, -0.15) is 0 Å². The summed E-state index contributed by atoms with van der Waals surface area (Å²) in [5, 5.41) is 3.62. The number of para-hydroxylation sites is 1. The Morgan fingerprint density at radius 1 is 1.00 bits per heavy atom. The van der Waals surface area contributed by atoms with E-state index in [1.807, 2.05) is 30.3 Å². The van der Waals surface area contributed by atoms with Crippen LogP contribution in [0.3, 0.4) is 0 Å². The molecular formula is C21H28NO. The van der Waals surface area contributed by atoms with Crippen LogP contribution in [0.15, 0.2) is 54.6 Å². The highest BCUT2D eigenvalue weighted by molar-refractivity contribution is 5.33. The van der Waals surface area contributed by atoms with Gasteiger partial charge in [0.05, 0.1) is 0 Å². The lowest BCUT2D eigenvalue weighted by Crippen LogP contribution is -2.39. The zero-order valence-electron chi connectivity index (χ0n) is 14.5. The molecule has 0 amide bonds. The second kappa shape index (κ2) is 8.16. The molecule has 0 fully saturated rings. The average molecular weight is 310 g/mol. The van der Waals surface area contributed by atoms with Crippen molar-refractivity contribution >= 4 is 0 Å². The molecule has 1 atom stereocenters. The fraction of sp³-hybridized carbons (Fsp3) is 0.381. The van der Waals surface area contributed by atoms with Gasteiger partial charge in [-0.25, -0.2) is 0 Å². The van der Waals surface area contributed by atoms with Crippen molar-refractivity contribution < 1.29 is 4.74 Å². The van der Waals surface area contributed by atoms with Gasteiger partial charge < -0.3 is 10.1 Å². The number of rotatable bonds is 7. The van der Waals surface area contributed by atoms with Crippen LogP contribution in [0, 0.1) is 12.3 Å². The van der Waals surface area contributed by atoms with E-state index in [0.717, 1.165) is 18.7 Å². The Hall–Kier alpha value is -1.80. The number of ether oxygens (including phenoxy) is 1. The molecule has 0 aliphatic heterocycles. The quantitative estimate of drug-likeness (QED) is 0.777. The van der Waals surface area contributed by atoms with Crippen molar-refractivity contribution in [1.29, 1.82) is 0 Å². The predicted octanol–water partition coefficient (Wildman–Crippen LogP) is 4.99. The van der Waals surface area contributed by atoms with Gasteiger partial charge in [-0.15, -0.1) is 0 Å². The summed E-state index contributed by atoms with van der Waals surface area (Å²) in [5.41, 5.74) is 2.56. The zero-order valence-corrected chi connectivity index (χ0v) is 14.5. The van der Waals surface area contributed by atoms with Gasteiger partial charge in [0, 0.05) is 18.2 Å². The van der Waals surface area contributed by atoms with Crippen LogP contribution < -0.4 is 10.1 Å². The first kappa shape index (κ1) is 17.6. The first-order valence-corrected chi connectivity index (χ1v) is 8.28. The molecule has 2 aromatic carbocycles. The summed E-state index contributed by atoms with van der Waals surface area (Å²) in [4.78, 5) is 0. The molecule has 0 bridgehead atoms. The lowest BCUT2D eigenvalue weighted by atomic mass is 9.85. The molecule has 0 saturated heterocycles. The molecule has 0 aliphatic rings. The fourth-order valence-corrected chi connectivity index (χ4v) is 2.60. The SMILES string of the molecule is [CH2]CC(NCc1ccccc1OCc1ccccc1)C(C)(C)C. The second-order valence-corrected chi connectivity index (χ2v) is 6.97. The van der Waals surface area contributed by atoms with Crippen LogP contribution in [0.25, 0.3) is 0 Å². The number of nitrogens with one attached hydrogen (secondary N) is 1. The first-order chi connectivity index (χ1) is 11.0. The molecule has 2 rings (SSSR count). The van der Waals surface area contributed by atoms with Crippen LogP contribution in [0.2, 0.25) is 0 Å². The third kappa shape index (κ3) is 5.40. The summed E-state index contributed by atoms with van der Waals surface area (Å²) < 4.78 is 6.02. The van der Waals surface area contributed by atoms with E-state index in [1.165, 1.54) is 11.1 Å². The van der Waals surface area contributed by atoms with Crippen molar-refractivity contribution in [2.75, 3.05) is 0 Å². The molecule has 1 unspecified atom stereocenters. The Labute approximate surface area is 140 Å². The predicted molar refractivity (Wildman–Crippen MR) is 97.3 cm³/mol. The molecule has 2 heteroatoms. The van der Waals surface area contributed by atoms with Gasteiger partial charge in [0.2, 0.25) is 0 Å². The number of hydrogen-bond donors (Lipinski definition) is 1. The molecule has 0 saturated carbocycles. The van der Waals surface area contributed by atoms with Gasteiger partial charge in [-0.3, -0.25) is 0 Å². The summed E-state index contributed by atoms with van der Waals surface area (Å²) in [7, 11) is 0. The Bertz CT molecular complexity index is 586. The van der Waals surface area contributed by atoms with Gasteiger partial charge in [0.25, 0.3) is 0 Å². The topological polar surface area (TPSA) is 21.3 Å². The molecule has 2 nitrogen and oxygen atoms in total. The molecule has 0 spiro atoms. The standard InChI is InChI=1S/C21H28NO/c1-5-20(21(2,3)4)22-15-18-13-9-10-14-19(18)23-16-17-11-7-6-8-12-17/h6-14,20,22H,1,5,15-16H2,2-4H3. The Kier molecular flexibility index (Phi) is 6.23. The van der Waals surface area contributed by atoms with Gasteiger partial charge in [0.1, 0.15) is 12.4 Å². The van der Waals surface area contributed by atoms with Crippen molar-refractivity contribution in [2.45, 2.75) is 46.4 Å². The highest BCUT2D eigenvalue weighted by atomic mass is 16.5. The van der Waals surface area contributed by atoms with E-state index in [9.17, 15) is 0 Å². The van der Waals surface area contributed by atoms with Crippen molar-refractivity contribution in [3.8, 4) is 5.75 Å². The van der Waals surface area contributed by atoms with E-state index in [4.69, 9.17) is 4.74 Å². The van der Waals surface area contributed by atoms with Crippen LogP contribution in [0.1, 0.15) is 38.3 Å². The fourth-order valence-electron chi connectivity index (χ4n) is 2.60. The highest BCUT2D eigenvalue weighted by Gasteiger charge is 2.22. The lowest BCUT2D eigenvalue weighted by molar-refractivity contribution is 0.263. The first-order valence-electron chi connectivity index (χ1n) is 8.28. The smallest absolute Gasteiger partial charge is 0.124 e. The lowest BCUT2D eigenvalue weighted by Gasteiger charge is -2.31. The Morgan fingerprint density at radius 3 is 2.30 bits per heavy atom. The van der Waals surface area contributed by atoms with Crippen molar-refractivity contribution in [3.05, 3.63) is 72.6 Å². The van der Waals surface area contributed by atoms with Crippen molar-refractivity contribution in [3.63, 3.8) is 0 Å². The van der Waals surface area contributed by atoms with E-state index in [0.29, 0.717) is 12.6 Å². The largest absolute Gasteiger partial charge is 0.489 e. The third-order valence-electron chi connectivity index (χ3n) is 4.08. The Morgan fingerprint density at radius 2 is 1.65 bits per heavy atom. The van der Waals surface area contributed by atoms with Gasteiger partial charge in [-0.05, 0) is 23.5 Å². The van der Waals surface area contributed by atoms with E-state index < -0.39 is 0 Å². The zero-order chi connectivity index (χ0) is 16.7. The van der Waals surface area contributed by atoms with Crippen LogP contribution in [0.4, 0.5) is 0 Å². The minimum Gasteiger partial charge on any atom is -0.489 e. The van der Waals surface area contributed by atoms with E-state index in [2.05, 4.69) is 57.3 Å². The summed E-state index contributed by atoms with van der Waals surface area (Å²) in [6.07, 6.45) is 0.872. The maximum atomic E-state index is 6.02. The van der Waals surface area contributed by atoms with E-state index in [-0.39, 0.29) is 5.41 Å². The van der Waals surface area contributed by atoms with Gasteiger partial charge >= 0.3 is 0 Å². The molecule has 1 N–H and O–H groups in total.